The second kappa shape index (κ2) is 40.1. The van der Waals surface area contributed by atoms with E-state index in [1.807, 2.05) is 251 Å². The second-order valence-electron chi connectivity index (χ2n) is 28.1. The lowest BCUT2D eigenvalue weighted by atomic mass is 10.1. The Bertz CT molecular complexity index is 4440. The van der Waals surface area contributed by atoms with Gasteiger partial charge in [-0.25, -0.2) is 29.9 Å². The van der Waals surface area contributed by atoms with Gasteiger partial charge in [-0.3, -0.25) is 33.7 Å². The largest absolute Gasteiger partial charge is 0.353 e. The minimum atomic E-state index is -1.13. The van der Waals surface area contributed by atoms with E-state index in [2.05, 4.69) is 61.8 Å². The highest BCUT2D eigenvalue weighted by atomic mass is 16.2. The van der Waals surface area contributed by atoms with Crippen molar-refractivity contribution in [1.82, 2.24) is 94.1 Å². The van der Waals surface area contributed by atoms with Gasteiger partial charge in [-0.15, -0.1) is 0 Å². The Kier molecular flexibility index (Phi) is 28.2. The van der Waals surface area contributed by atoms with Gasteiger partial charge in [0.1, 0.15) is 18.1 Å². The van der Waals surface area contributed by atoms with Gasteiger partial charge in [0.15, 0.2) is 0 Å². The van der Waals surface area contributed by atoms with Crippen LogP contribution in [-0.4, -0.2) is 173 Å². The third kappa shape index (κ3) is 24.6. The van der Waals surface area contributed by atoms with Crippen LogP contribution in [0.15, 0.2) is 257 Å². The number of nitrogens with two attached hydrogens (primary N) is 3. The number of hydrogen-bond donors (Lipinski definition) is 9. The second-order valence-corrected chi connectivity index (χ2v) is 28.1. The molecule has 28 heteroatoms. The zero-order valence-electron chi connectivity index (χ0n) is 62.4. The van der Waals surface area contributed by atoms with Gasteiger partial charge in [-0.05, 0) is 33.4 Å². The molecule has 0 aliphatic carbocycles. The smallest absolute Gasteiger partial charge is 0.243 e. The summed E-state index contributed by atoms with van der Waals surface area (Å²) in [5.74, 6) is -3.25. The third-order valence-electron chi connectivity index (χ3n) is 19.0. The average molecular weight is 1510 g/mol. The standard InChI is InChI=1S/C84H96N22O6/c85-73(37-67-49-101(55-91-67)43-61-19-7-1-8-20-61)79(107)97-76(40-70-52-104(58-94-70)46-64-25-13-4-14-26-64)82(110)88-31-34-100(35-32-89-83(111)77(41-71-53-105(59-95-71)47-65-27-15-5-16-28-65)98-80(108)74(86)38-68-50-102(56-92-68)44-62-21-9-2-10-22-62)36-33-90-84(112)78(42-72-54-106(60-96-72)48-66-29-17-6-18-30-66)99-81(109)75(87)39-69-51-103(57-93-69)45-63-23-11-3-12-24-63/h1-30,49-60,73-78H,31-48,85-87H2,(H,88,110)(H,89,111)(H,90,112)(H,97,107)(H,98,108)(H,99,109)/t73-,74-,75-,76-,77-,78-/m0/s1. The number of rotatable bonds is 42. The molecule has 28 nitrogen and oxygen atoms in total. The van der Waals surface area contributed by atoms with Crippen LogP contribution in [0.3, 0.4) is 0 Å². The molecular weight excluding hydrogens is 1410 g/mol. The summed E-state index contributed by atoms with van der Waals surface area (Å²) in [6.45, 7) is 3.88. The van der Waals surface area contributed by atoms with Crippen molar-refractivity contribution in [3.63, 3.8) is 0 Å². The van der Waals surface area contributed by atoms with Gasteiger partial charge in [0, 0.05) is 154 Å². The van der Waals surface area contributed by atoms with Crippen LogP contribution in [0.25, 0.3) is 0 Å². The molecule has 0 unspecified atom stereocenters. The molecule has 0 fully saturated rings. The summed E-state index contributed by atoms with van der Waals surface area (Å²) in [5.41, 5.74) is 29.6. The number of aromatic nitrogens is 12. The molecular formula is C84H96N22O6. The normalized spacial score (nSPS) is 13.0. The van der Waals surface area contributed by atoms with E-state index in [9.17, 15) is 28.8 Å². The van der Waals surface area contributed by atoms with Crippen molar-refractivity contribution in [2.24, 2.45) is 17.2 Å². The van der Waals surface area contributed by atoms with E-state index in [4.69, 9.17) is 17.2 Å². The van der Waals surface area contributed by atoms with Crippen LogP contribution in [0, 0.1) is 0 Å². The maximum Gasteiger partial charge on any atom is 0.243 e. The van der Waals surface area contributed by atoms with Crippen LogP contribution >= 0.6 is 0 Å². The minimum Gasteiger partial charge on any atom is -0.353 e. The first-order valence-electron chi connectivity index (χ1n) is 37.6. The highest BCUT2D eigenvalue weighted by Crippen LogP contribution is 2.15. The molecule has 12 aromatic rings. The summed E-state index contributed by atoms with van der Waals surface area (Å²) in [4.78, 5) is 116. The third-order valence-corrected chi connectivity index (χ3v) is 19.0. The Balaban J connectivity index is 0.750. The summed E-state index contributed by atoms with van der Waals surface area (Å²) in [7, 11) is 0. The van der Waals surface area contributed by atoms with Crippen molar-refractivity contribution in [2.75, 3.05) is 39.3 Å². The van der Waals surface area contributed by atoms with Crippen LogP contribution in [0.1, 0.15) is 67.5 Å². The van der Waals surface area contributed by atoms with Crippen molar-refractivity contribution >= 4 is 35.4 Å². The van der Waals surface area contributed by atoms with Gasteiger partial charge in [-0.2, -0.15) is 0 Å². The van der Waals surface area contributed by atoms with E-state index in [-0.39, 0.29) is 77.8 Å². The SMILES string of the molecule is N[C@@H](Cc1cn(Cc2ccccc2)cn1)C(=O)N[C@@H](Cc1cn(Cc2ccccc2)cn1)C(=O)NCCN(CCNC(=O)[C@H](Cc1cn(Cc2ccccc2)cn1)NC(=O)[C@@H](N)Cc1cn(Cc2ccccc2)cn1)CCNC(=O)[C@H](Cc1cn(Cc2ccccc2)cn1)NC(=O)[C@@H](N)Cc1cn(Cc2ccccc2)cn1. The van der Waals surface area contributed by atoms with Gasteiger partial charge >= 0.3 is 0 Å². The summed E-state index contributed by atoms with van der Waals surface area (Å²) in [6.07, 6.45) is 21.5. The minimum absolute atomic E-state index is 0.0175. The molecule has 112 heavy (non-hydrogen) atoms. The Labute approximate surface area is 650 Å². The predicted octanol–water partition coefficient (Wildman–Crippen LogP) is 4.00. The van der Waals surface area contributed by atoms with Crippen molar-refractivity contribution in [3.8, 4) is 0 Å². The number of carbonyl (C=O) groups excluding carboxylic acids is 6. The fraction of sp³-hybridized carbons (Fsp3) is 0.286. The molecule has 12 rings (SSSR count). The molecule has 6 aromatic heterocycles. The summed E-state index contributed by atoms with van der Waals surface area (Å²) >= 11 is 0. The maximum atomic E-state index is 14.7. The number of nitrogens with one attached hydrogen (secondary N) is 6. The highest BCUT2D eigenvalue weighted by molar-refractivity contribution is 5.91. The number of amides is 6. The van der Waals surface area contributed by atoms with E-state index in [0.29, 0.717) is 73.4 Å². The Morgan fingerprint density at radius 1 is 0.277 bits per heavy atom. The predicted molar refractivity (Wildman–Crippen MR) is 424 cm³/mol. The summed E-state index contributed by atoms with van der Waals surface area (Å²) in [5, 5.41) is 17.9. The monoisotopic (exact) mass is 1510 g/mol. The Morgan fingerprint density at radius 3 is 0.661 bits per heavy atom. The fourth-order valence-corrected chi connectivity index (χ4v) is 13.1. The van der Waals surface area contributed by atoms with Gasteiger partial charge in [0.25, 0.3) is 0 Å². The quantitative estimate of drug-likeness (QED) is 0.0261. The van der Waals surface area contributed by atoms with Crippen molar-refractivity contribution in [2.45, 2.75) is 114 Å². The molecule has 12 N–H and O–H groups in total. The zero-order valence-corrected chi connectivity index (χ0v) is 62.4. The average Bonchev–Trinajstić information content (AvgIpc) is 1.55. The van der Waals surface area contributed by atoms with Crippen LogP contribution < -0.4 is 49.1 Å². The van der Waals surface area contributed by atoms with Crippen LogP contribution in [0.5, 0.6) is 0 Å². The lowest BCUT2D eigenvalue weighted by Crippen LogP contribution is -2.55. The molecule has 0 bridgehead atoms. The molecule has 0 radical (unpaired) electrons. The number of nitrogens with zero attached hydrogens (tertiary/aromatic N) is 13. The lowest BCUT2D eigenvalue weighted by molar-refractivity contribution is -0.129. The first kappa shape index (κ1) is 78.8. The van der Waals surface area contributed by atoms with Crippen molar-refractivity contribution in [1.29, 1.82) is 0 Å². The highest BCUT2D eigenvalue weighted by Gasteiger charge is 2.30. The van der Waals surface area contributed by atoms with E-state index in [1.165, 1.54) is 0 Å². The molecule has 0 aliphatic heterocycles. The first-order valence-corrected chi connectivity index (χ1v) is 37.6. The Morgan fingerprint density at radius 2 is 0.464 bits per heavy atom. The fourth-order valence-electron chi connectivity index (χ4n) is 13.1. The van der Waals surface area contributed by atoms with Gasteiger partial charge < -0.3 is 76.5 Å². The van der Waals surface area contributed by atoms with Crippen LogP contribution in [-0.2, 0) is 107 Å². The number of carbonyl (C=O) groups is 6. The van der Waals surface area contributed by atoms with Gasteiger partial charge in [0.05, 0.1) is 90.3 Å². The summed E-state index contributed by atoms with van der Waals surface area (Å²) < 4.78 is 11.5. The van der Waals surface area contributed by atoms with Crippen molar-refractivity contribution in [3.05, 3.63) is 325 Å². The molecule has 6 amide bonds. The first-order chi connectivity index (χ1) is 54.6. The van der Waals surface area contributed by atoms with E-state index >= 15 is 0 Å². The molecule has 0 saturated carbocycles. The molecule has 0 spiro atoms. The lowest BCUT2D eigenvalue weighted by Gasteiger charge is -2.26. The molecule has 578 valence electrons. The molecule has 6 heterocycles. The van der Waals surface area contributed by atoms with Crippen LogP contribution in [0.4, 0.5) is 0 Å². The molecule has 0 saturated heterocycles. The van der Waals surface area contributed by atoms with E-state index in [1.54, 1.807) is 38.0 Å². The van der Waals surface area contributed by atoms with Gasteiger partial charge in [0.2, 0.25) is 35.4 Å². The Hall–Kier alpha value is -12.8. The van der Waals surface area contributed by atoms with Crippen LogP contribution in [0.2, 0.25) is 0 Å². The van der Waals surface area contributed by atoms with E-state index < -0.39 is 71.7 Å². The number of imidazole rings is 6. The zero-order chi connectivity index (χ0) is 77.8. The maximum absolute atomic E-state index is 14.7. The molecule has 6 atom stereocenters. The van der Waals surface area contributed by atoms with Crippen molar-refractivity contribution < 1.29 is 28.8 Å². The van der Waals surface area contributed by atoms with Gasteiger partial charge in [-0.1, -0.05) is 182 Å². The number of benzene rings is 6. The topological polar surface area (TPSA) is 363 Å². The van der Waals surface area contributed by atoms with E-state index in [0.717, 1.165) is 33.4 Å². The molecule has 0 aliphatic rings. The summed E-state index contributed by atoms with van der Waals surface area (Å²) in [6, 6.07) is 52.7. The number of hydrogen-bond acceptors (Lipinski definition) is 16. The molecule has 6 aromatic carbocycles.